The van der Waals surface area contributed by atoms with E-state index in [9.17, 15) is 15.3 Å². The Balaban J connectivity index is 1.64. The van der Waals surface area contributed by atoms with Gasteiger partial charge in [-0.2, -0.15) is 0 Å². The van der Waals surface area contributed by atoms with Crippen LogP contribution in [0.25, 0.3) is 0 Å². The Kier molecular flexibility index (Phi) is 8.81. The van der Waals surface area contributed by atoms with Crippen molar-refractivity contribution in [3.05, 3.63) is 0 Å². The van der Waals surface area contributed by atoms with Crippen molar-refractivity contribution >= 4 is 0 Å². The van der Waals surface area contributed by atoms with Crippen molar-refractivity contribution in [3.63, 3.8) is 0 Å². The fraction of sp³-hybridized carbons (Fsp3) is 1.00. The third-order valence-corrected chi connectivity index (χ3v) is 10.6. The molecule has 0 aromatic heterocycles. The second-order valence-corrected chi connectivity index (χ2v) is 13.2. The van der Waals surface area contributed by atoms with Gasteiger partial charge in [0, 0.05) is 6.61 Å². The summed E-state index contributed by atoms with van der Waals surface area (Å²) in [7, 11) is 0. The highest BCUT2D eigenvalue weighted by Crippen LogP contribution is 2.61. The molecule has 0 radical (unpaired) electrons. The molecule has 32 heavy (non-hydrogen) atoms. The summed E-state index contributed by atoms with van der Waals surface area (Å²) in [5, 5.41) is 30.5. The maximum atomic E-state index is 10.8. The minimum Gasteiger partial charge on any atom is -0.396 e. The molecule has 0 spiro atoms. The third kappa shape index (κ3) is 6.11. The first kappa shape index (κ1) is 26.5. The monoisotopic (exact) mass is 450 g/mol. The maximum absolute atomic E-state index is 10.8. The van der Waals surface area contributed by atoms with Gasteiger partial charge in [0.05, 0.1) is 11.2 Å². The van der Waals surface area contributed by atoms with Crippen LogP contribution in [0.4, 0.5) is 0 Å². The molecule has 3 saturated carbocycles. The zero-order valence-electron chi connectivity index (χ0n) is 21.9. The smallest absolute Gasteiger partial charge is 0.0641 e. The Labute approximate surface area is 198 Å². The highest BCUT2D eigenvalue weighted by Gasteiger charge is 2.54. The van der Waals surface area contributed by atoms with Crippen molar-refractivity contribution in [2.45, 2.75) is 136 Å². The van der Waals surface area contributed by atoms with E-state index in [4.69, 9.17) is 0 Å². The third-order valence-electron chi connectivity index (χ3n) is 10.6. The van der Waals surface area contributed by atoms with E-state index in [1.807, 2.05) is 6.92 Å². The molecular formula is C29H54O3. The summed E-state index contributed by atoms with van der Waals surface area (Å²) in [6.07, 6.45) is 16.4. The number of unbranched alkanes of at least 4 members (excludes halogenated alkanes) is 1. The van der Waals surface area contributed by atoms with Crippen LogP contribution in [0.3, 0.4) is 0 Å². The van der Waals surface area contributed by atoms with Gasteiger partial charge >= 0.3 is 0 Å². The Morgan fingerprint density at radius 1 is 1.06 bits per heavy atom. The average Bonchev–Trinajstić information content (AvgIpc) is 3.21. The molecule has 0 aliphatic heterocycles. The van der Waals surface area contributed by atoms with Crippen LogP contribution < -0.4 is 0 Å². The van der Waals surface area contributed by atoms with Gasteiger partial charge in [-0.1, -0.05) is 33.6 Å². The first-order valence-electron chi connectivity index (χ1n) is 14.1. The molecule has 0 heterocycles. The van der Waals surface area contributed by atoms with Crippen LogP contribution in [0, 0.1) is 40.9 Å². The summed E-state index contributed by atoms with van der Waals surface area (Å²) in [6.45, 7) is 11.4. The van der Waals surface area contributed by atoms with Crippen LogP contribution in [-0.2, 0) is 0 Å². The van der Waals surface area contributed by atoms with Crippen LogP contribution >= 0.6 is 0 Å². The molecule has 0 aromatic carbocycles. The van der Waals surface area contributed by atoms with Crippen LogP contribution in [0.2, 0.25) is 0 Å². The van der Waals surface area contributed by atoms with Crippen LogP contribution in [0.5, 0.6) is 0 Å². The van der Waals surface area contributed by atoms with E-state index in [2.05, 4.69) is 27.7 Å². The molecule has 0 aromatic rings. The van der Waals surface area contributed by atoms with Crippen LogP contribution in [-0.4, -0.2) is 33.1 Å². The topological polar surface area (TPSA) is 60.7 Å². The quantitative estimate of drug-likeness (QED) is 0.346. The summed E-state index contributed by atoms with van der Waals surface area (Å²) >= 11 is 0. The molecule has 0 bridgehead atoms. The number of hydrogen-bond donors (Lipinski definition) is 3. The lowest BCUT2D eigenvalue weighted by molar-refractivity contribution is -0.119. The van der Waals surface area contributed by atoms with Crippen LogP contribution in [0.1, 0.15) is 125 Å². The van der Waals surface area contributed by atoms with Gasteiger partial charge in [-0.25, -0.2) is 0 Å². The average molecular weight is 451 g/mol. The Bertz CT molecular complexity index is 585. The van der Waals surface area contributed by atoms with Crippen molar-refractivity contribution in [2.24, 2.45) is 40.9 Å². The summed E-state index contributed by atoms with van der Waals surface area (Å²) in [5.41, 5.74) is -0.744. The summed E-state index contributed by atoms with van der Waals surface area (Å²) in [6, 6.07) is 0. The molecule has 3 heteroatoms. The number of hydrogen-bond acceptors (Lipinski definition) is 3. The minimum atomic E-state index is -0.721. The zero-order chi connectivity index (χ0) is 23.6. The van der Waals surface area contributed by atoms with Crippen molar-refractivity contribution in [3.8, 4) is 0 Å². The lowest BCUT2D eigenvalue weighted by Gasteiger charge is -2.58. The van der Waals surface area contributed by atoms with E-state index in [1.165, 1.54) is 57.8 Å². The van der Waals surface area contributed by atoms with Gasteiger partial charge in [0.1, 0.15) is 0 Å². The molecule has 188 valence electrons. The van der Waals surface area contributed by atoms with Gasteiger partial charge in [0.15, 0.2) is 0 Å². The van der Waals surface area contributed by atoms with Crippen molar-refractivity contribution in [2.75, 3.05) is 6.61 Å². The van der Waals surface area contributed by atoms with Crippen LogP contribution in [0.15, 0.2) is 0 Å². The second-order valence-electron chi connectivity index (χ2n) is 13.2. The predicted molar refractivity (Wildman–Crippen MR) is 133 cm³/mol. The number of aliphatic hydroxyl groups excluding tert-OH is 1. The Morgan fingerprint density at radius 2 is 1.81 bits per heavy atom. The SMILES string of the molecule is CCCC[C@H]1[C@H]([C@@H]2CC[C@H]([C@H](C)CCC(C)(O)CCO)C2)CC[C@H]2C[C@@](C)(O)CC[C@@]21C. The molecule has 3 aliphatic rings. The first-order chi connectivity index (χ1) is 15.0. The first-order valence-corrected chi connectivity index (χ1v) is 14.1. The van der Waals surface area contributed by atoms with Gasteiger partial charge < -0.3 is 15.3 Å². The van der Waals surface area contributed by atoms with Gasteiger partial charge in [0.2, 0.25) is 0 Å². The predicted octanol–water partition coefficient (Wildman–Crippen LogP) is 6.73. The lowest BCUT2D eigenvalue weighted by atomic mass is 9.48. The second kappa shape index (κ2) is 10.6. The molecule has 3 N–H and O–H groups in total. The van der Waals surface area contributed by atoms with Gasteiger partial charge in [0.25, 0.3) is 0 Å². The number of fused-ring (bicyclic) bond motifs is 1. The van der Waals surface area contributed by atoms with E-state index >= 15 is 0 Å². The molecular weight excluding hydrogens is 396 g/mol. The molecule has 9 atom stereocenters. The maximum Gasteiger partial charge on any atom is 0.0641 e. The van der Waals surface area contributed by atoms with E-state index in [1.54, 1.807) is 0 Å². The molecule has 0 amide bonds. The van der Waals surface area contributed by atoms with Gasteiger partial charge in [-0.05, 0) is 132 Å². The highest BCUT2D eigenvalue weighted by atomic mass is 16.3. The molecule has 1 unspecified atom stereocenters. The summed E-state index contributed by atoms with van der Waals surface area (Å²) < 4.78 is 0. The van der Waals surface area contributed by atoms with Gasteiger partial charge in [-0.15, -0.1) is 0 Å². The normalized spacial score (nSPS) is 42.9. The van der Waals surface area contributed by atoms with E-state index in [0.717, 1.165) is 49.4 Å². The molecule has 3 fully saturated rings. The summed E-state index contributed by atoms with van der Waals surface area (Å²) in [4.78, 5) is 0. The van der Waals surface area contributed by atoms with Gasteiger partial charge in [-0.3, -0.25) is 0 Å². The molecule has 3 rings (SSSR count). The van der Waals surface area contributed by atoms with E-state index in [0.29, 0.717) is 23.7 Å². The largest absolute Gasteiger partial charge is 0.396 e. The number of rotatable bonds is 10. The summed E-state index contributed by atoms with van der Waals surface area (Å²) in [5.74, 6) is 4.75. The van der Waals surface area contributed by atoms with Crippen molar-refractivity contribution < 1.29 is 15.3 Å². The van der Waals surface area contributed by atoms with E-state index < -0.39 is 11.2 Å². The Hall–Kier alpha value is -0.120. The minimum absolute atomic E-state index is 0.0723. The zero-order valence-corrected chi connectivity index (χ0v) is 21.9. The lowest BCUT2D eigenvalue weighted by Crippen LogP contribution is -2.51. The number of aliphatic hydroxyl groups is 3. The molecule has 0 saturated heterocycles. The fourth-order valence-corrected chi connectivity index (χ4v) is 8.24. The van der Waals surface area contributed by atoms with E-state index in [-0.39, 0.29) is 6.61 Å². The van der Waals surface area contributed by atoms with Crippen molar-refractivity contribution in [1.29, 1.82) is 0 Å². The van der Waals surface area contributed by atoms with Crippen molar-refractivity contribution in [1.82, 2.24) is 0 Å². The highest BCUT2D eigenvalue weighted by molar-refractivity contribution is 5.04. The standard InChI is InChI=1S/C29H54O3/c1-6-7-8-26-25(12-11-24-20-28(4,32)15-16-29(24,26)5)23-10-9-22(19-23)21(2)13-14-27(3,31)17-18-30/h21-26,30-32H,6-20H2,1-5H3/t21-,22+,23-,24+,25+,26+,27?,28+,29+/m1/s1. The molecule has 3 nitrogen and oxygen atoms in total. The Morgan fingerprint density at radius 3 is 2.50 bits per heavy atom. The molecule has 3 aliphatic carbocycles. The fourth-order valence-electron chi connectivity index (χ4n) is 8.24.